The quantitative estimate of drug-likeness (QED) is 0.664. The van der Waals surface area contributed by atoms with E-state index in [2.05, 4.69) is 33.5 Å². The van der Waals surface area contributed by atoms with Gasteiger partial charge in [0, 0.05) is 11.6 Å². The third kappa shape index (κ3) is 3.76. The van der Waals surface area contributed by atoms with Gasteiger partial charge in [-0.2, -0.15) is 10.2 Å². The molecule has 29 heavy (non-hydrogen) atoms. The molecule has 4 rings (SSSR count). The molecule has 7 heteroatoms. The molecule has 1 unspecified atom stereocenters. The molecule has 3 aromatic rings. The number of ether oxygens (including phenoxy) is 1. The smallest absolute Gasteiger partial charge is 0.232 e. The number of anilines is 1. The van der Waals surface area contributed by atoms with E-state index in [1.54, 1.807) is 6.20 Å². The maximum absolute atomic E-state index is 12.9. The SMILES string of the molecule is Cc1nnc2ccc(-c3cnc(NC(=O)C4CC(C)(C)OC4(C)C)s3)cc2c1C. The largest absolute Gasteiger partial charge is 0.369 e. The van der Waals surface area contributed by atoms with Crippen molar-refractivity contribution >= 4 is 33.3 Å². The second-order valence-corrected chi connectivity index (χ2v) is 9.91. The molecule has 152 valence electrons. The number of rotatable bonds is 3. The Morgan fingerprint density at radius 3 is 2.66 bits per heavy atom. The van der Waals surface area contributed by atoms with Gasteiger partial charge in [-0.3, -0.25) is 4.79 Å². The van der Waals surface area contributed by atoms with Crippen LogP contribution in [-0.2, 0) is 9.53 Å². The van der Waals surface area contributed by atoms with E-state index < -0.39 is 5.60 Å². The average molecular weight is 411 g/mol. The highest BCUT2D eigenvalue weighted by molar-refractivity contribution is 7.19. The molecule has 0 aliphatic carbocycles. The number of aryl methyl sites for hydroxylation is 2. The molecule has 3 heterocycles. The minimum atomic E-state index is -0.498. The zero-order valence-electron chi connectivity index (χ0n) is 17.7. The molecule has 1 aliphatic rings. The number of nitrogens with zero attached hydrogens (tertiary/aromatic N) is 3. The Kier molecular flexibility index (Phi) is 4.70. The Hall–Kier alpha value is -2.38. The molecule has 1 aromatic carbocycles. The monoisotopic (exact) mass is 410 g/mol. The molecule has 1 atom stereocenters. The van der Waals surface area contributed by atoms with E-state index in [9.17, 15) is 4.79 Å². The molecule has 1 fully saturated rings. The Morgan fingerprint density at radius 1 is 1.21 bits per heavy atom. The Bertz CT molecular complexity index is 1100. The lowest BCUT2D eigenvalue weighted by Crippen LogP contribution is -2.36. The second kappa shape index (κ2) is 6.85. The summed E-state index contributed by atoms with van der Waals surface area (Å²) in [6.07, 6.45) is 2.49. The van der Waals surface area contributed by atoms with E-state index in [1.807, 2.05) is 46.8 Å². The number of benzene rings is 1. The van der Waals surface area contributed by atoms with E-state index in [1.165, 1.54) is 11.3 Å². The van der Waals surface area contributed by atoms with Gasteiger partial charge < -0.3 is 10.1 Å². The van der Waals surface area contributed by atoms with Crippen LogP contribution in [0.25, 0.3) is 21.3 Å². The minimum Gasteiger partial charge on any atom is -0.369 e. The molecular formula is C22H26N4O2S. The van der Waals surface area contributed by atoms with Crippen LogP contribution >= 0.6 is 11.3 Å². The van der Waals surface area contributed by atoms with E-state index in [0.717, 1.165) is 32.6 Å². The number of fused-ring (bicyclic) bond motifs is 1. The van der Waals surface area contributed by atoms with Gasteiger partial charge in [-0.15, -0.1) is 0 Å². The van der Waals surface area contributed by atoms with Gasteiger partial charge in [0.2, 0.25) is 5.91 Å². The summed E-state index contributed by atoms with van der Waals surface area (Å²) in [5, 5.41) is 13.1. The van der Waals surface area contributed by atoms with Gasteiger partial charge >= 0.3 is 0 Å². The zero-order chi connectivity index (χ0) is 21.0. The van der Waals surface area contributed by atoms with Crippen LogP contribution < -0.4 is 5.32 Å². The number of nitrogens with one attached hydrogen (secondary N) is 1. The first-order valence-electron chi connectivity index (χ1n) is 9.77. The molecule has 1 aliphatic heterocycles. The fourth-order valence-electron chi connectivity index (χ4n) is 4.10. The van der Waals surface area contributed by atoms with E-state index in [0.29, 0.717) is 11.6 Å². The van der Waals surface area contributed by atoms with Gasteiger partial charge in [-0.25, -0.2) is 4.98 Å². The highest BCUT2D eigenvalue weighted by Gasteiger charge is 2.49. The van der Waals surface area contributed by atoms with Crippen LogP contribution in [0.1, 0.15) is 45.4 Å². The zero-order valence-corrected chi connectivity index (χ0v) is 18.5. The Morgan fingerprint density at radius 2 is 1.97 bits per heavy atom. The Labute approximate surface area is 174 Å². The third-order valence-electron chi connectivity index (χ3n) is 5.66. The fraction of sp³-hybridized carbons (Fsp3) is 0.455. The van der Waals surface area contributed by atoms with Crippen molar-refractivity contribution in [3.8, 4) is 10.4 Å². The summed E-state index contributed by atoms with van der Waals surface area (Å²) in [5.41, 5.74) is 3.18. The van der Waals surface area contributed by atoms with Crippen LogP contribution in [0, 0.1) is 19.8 Å². The first-order chi connectivity index (χ1) is 13.6. The maximum Gasteiger partial charge on any atom is 0.232 e. The summed E-state index contributed by atoms with van der Waals surface area (Å²) in [6.45, 7) is 12.0. The van der Waals surface area contributed by atoms with Crippen LogP contribution in [0.5, 0.6) is 0 Å². The van der Waals surface area contributed by atoms with Crippen molar-refractivity contribution in [2.45, 2.75) is 59.2 Å². The van der Waals surface area contributed by atoms with E-state index >= 15 is 0 Å². The van der Waals surface area contributed by atoms with Crippen molar-refractivity contribution in [2.75, 3.05) is 5.32 Å². The number of thiazole rings is 1. The lowest BCUT2D eigenvalue weighted by atomic mass is 9.87. The normalized spacial score (nSPS) is 20.1. The summed E-state index contributed by atoms with van der Waals surface area (Å²) in [7, 11) is 0. The molecule has 0 spiro atoms. The number of carbonyl (C=O) groups excluding carboxylic acids is 1. The summed E-state index contributed by atoms with van der Waals surface area (Å²) in [4.78, 5) is 18.3. The molecule has 1 saturated heterocycles. The first kappa shape index (κ1) is 19.9. The molecule has 0 radical (unpaired) electrons. The number of hydrogen-bond donors (Lipinski definition) is 1. The number of aromatic nitrogens is 3. The lowest BCUT2D eigenvalue weighted by molar-refractivity contribution is -0.126. The number of carbonyl (C=O) groups is 1. The standard InChI is InChI=1S/C22H26N4O2S/c1-12-13(2)25-26-17-8-7-14(9-15(12)17)18-11-23-20(29-18)24-19(27)16-10-21(3,4)28-22(16,5)6/h7-9,11,16H,10H2,1-6H3,(H,23,24,27). The van der Waals surface area contributed by atoms with Gasteiger partial charge in [0.05, 0.1) is 33.2 Å². The molecule has 0 saturated carbocycles. The Balaban J connectivity index is 1.57. The predicted molar refractivity (Wildman–Crippen MR) is 116 cm³/mol. The van der Waals surface area contributed by atoms with Gasteiger partial charge in [-0.05, 0) is 71.2 Å². The summed E-state index contributed by atoms with van der Waals surface area (Å²) in [5.74, 6) is -0.253. The van der Waals surface area contributed by atoms with Crippen molar-refractivity contribution < 1.29 is 9.53 Å². The summed E-state index contributed by atoms with van der Waals surface area (Å²) >= 11 is 1.47. The average Bonchev–Trinajstić information content (AvgIpc) is 3.18. The molecule has 1 N–H and O–H groups in total. The van der Waals surface area contributed by atoms with Gasteiger partial charge in [0.1, 0.15) is 0 Å². The van der Waals surface area contributed by atoms with Crippen LogP contribution in [0.2, 0.25) is 0 Å². The van der Waals surface area contributed by atoms with Crippen molar-refractivity contribution in [1.29, 1.82) is 0 Å². The molecule has 2 aromatic heterocycles. The third-order valence-corrected chi connectivity index (χ3v) is 6.62. The van der Waals surface area contributed by atoms with Gasteiger partial charge in [0.15, 0.2) is 5.13 Å². The van der Waals surface area contributed by atoms with Gasteiger partial charge in [0.25, 0.3) is 0 Å². The van der Waals surface area contributed by atoms with E-state index in [4.69, 9.17) is 4.74 Å². The van der Waals surface area contributed by atoms with E-state index in [-0.39, 0.29) is 17.4 Å². The molecule has 6 nitrogen and oxygen atoms in total. The van der Waals surface area contributed by atoms with Crippen LogP contribution in [-0.4, -0.2) is 32.3 Å². The van der Waals surface area contributed by atoms with Crippen molar-refractivity contribution in [1.82, 2.24) is 15.2 Å². The fourth-order valence-corrected chi connectivity index (χ4v) is 4.92. The first-order valence-corrected chi connectivity index (χ1v) is 10.6. The molecular weight excluding hydrogens is 384 g/mol. The number of hydrogen-bond acceptors (Lipinski definition) is 6. The highest BCUT2D eigenvalue weighted by Crippen LogP contribution is 2.42. The van der Waals surface area contributed by atoms with Gasteiger partial charge in [-0.1, -0.05) is 17.4 Å². The van der Waals surface area contributed by atoms with Crippen molar-refractivity contribution in [3.05, 3.63) is 35.7 Å². The minimum absolute atomic E-state index is 0.0401. The summed E-state index contributed by atoms with van der Waals surface area (Å²) < 4.78 is 6.05. The highest BCUT2D eigenvalue weighted by atomic mass is 32.1. The lowest BCUT2D eigenvalue weighted by Gasteiger charge is -2.26. The molecule has 1 amide bonds. The maximum atomic E-state index is 12.9. The van der Waals surface area contributed by atoms with Crippen LogP contribution in [0.3, 0.4) is 0 Å². The van der Waals surface area contributed by atoms with Crippen LogP contribution in [0.15, 0.2) is 24.4 Å². The van der Waals surface area contributed by atoms with Crippen molar-refractivity contribution in [2.24, 2.45) is 5.92 Å². The number of amides is 1. The topological polar surface area (TPSA) is 77.0 Å². The second-order valence-electron chi connectivity index (χ2n) is 8.88. The summed E-state index contributed by atoms with van der Waals surface area (Å²) in [6, 6.07) is 6.10. The predicted octanol–water partition coefficient (Wildman–Crippen LogP) is 4.90. The van der Waals surface area contributed by atoms with Crippen molar-refractivity contribution in [3.63, 3.8) is 0 Å². The van der Waals surface area contributed by atoms with Crippen LogP contribution in [0.4, 0.5) is 5.13 Å². The molecule has 0 bridgehead atoms.